The van der Waals surface area contributed by atoms with E-state index in [4.69, 9.17) is 0 Å². The van der Waals surface area contributed by atoms with E-state index in [0.717, 1.165) is 23.0 Å². The van der Waals surface area contributed by atoms with E-state index in [9.17, 15) is 0 Å². The van der Waals surface area contributed by atoms with Crippen LogP contribution in [0.25, 0.3) is 22.2 Å². The first-order chi connectivity index (χ1) is 12.3. The monoisotopic (exact) mass is 332 g/mol. The van der Waals surface area contributed by atoms with Crippen LogP contribution in [0.15, 0.2) is 48.7 Å². The molecule has 2 bridgehead atoms. The zero-order valence-electron chi connectivity index (χ0n) is 14.6. The number of nitrogens with one attached hydrogen (secondary N) is 2. The number of aromatic nitrogens is 2. The van der Waals surface area contributed by atoms with E-state index in [1.165, 1.54) is 36.8 Å². The number of piperidine rings is 3. The molecule has 5 heterocycles. The van der Waals surface area contributed by atoms with Crippen molar-refractivity contribution >= 4 is 16.7 Å². The molecule has 0 aliphatic carbocycles. The molecule has 4 heteroatoms. The van der Waals surface area contributed by atoms with Gasteiger partial charge in [0.1, 0.15) is 5.82 Å². The Labute approximate surface area is 148 Å². The molecule has 2 aromatic heterocycles. The number of fused-ring (bicyclic) bond motifs is 4. The van der Waals surface area contributed by atoms with Gasteiger partial charge in [0, 0.05) is 40.4 Å². The molecule has 0 spiro atoms. The number of anilines is 1. The third-order valence-corrected chi connectivity index (χ3v) is 6.10. The maximum absolute atomic E-state index is 4.69. The summed E-state index contributed by atoms with van der Waals surface area (Å²) in [6, 6.07) is 16.0. The van der Waals surface area contributed by atoms with E-state index in [0.29, 0.717) is 12.1 Å². The zero-order chi connectivity index (χ0) is 16.8. The molecule has 2 unspecified atom stereocenters. The van der Waals surface area contributed by atoms with Crippen molar-refractivity contribution in [1.82, 2.24) is 14.9 Å². The standard InChI is InChI=1S/C21H24N4/c1-14-21(15-8-10-25(14)11-9-15)24-20-7-6-17(13-22-20)19-12-16-4-2-3-5-18(16)23-19/h2-7,12-15,21,23H,8-11H2,1H3,(H,22,24). The number of rotatable bonds is 3. The third-order valence-electron chi connectivity index (χ3n) is 6.10. The normalized spacial score (nSPS) is 28.4. The first-order valence-corrected chi connectivity index (χ1v) is 9.33. The lowest BCUT2D eigenvalue weighted by Crippen LogP contribution is -2.59. The first kappa shape index (κ1) is 15.0. The molecule has 4 nitrogen and oxygen atoms in total. The highest BCUT2D eigenvalue weighted by Crippen LogP contribution is 2.34. The average Bonchev–Trinajstić information content (AvgIpc) is 3.10. The summed E-state index contributed by atoms with van der Waals surface area (Å²) in [5, 5.41) is 4.94. The van der Waals surface area contributed by atoms with Crippen LogP contribution in [0.5, 0.6) is 0 Å². The summed E-state index contributed by atoms with van der Waals surface area (Å²) in [5.74, 6) is 1.78. The van der Waals surface area contributed by atoms with E-state index in [-0.39, 0.29) is 0 Å². The lowest BCUT2D eigenvalue weighted by atomic mass is 9.79. The molecule has 6 rings (SSSR count). The van der Waals surface area contributed by atoms with Crippen LogP contribution < -0.4 is 5.32 Å². The minimum Gasteiger partial charge on any atom is -0.365 e. The van der Waals surface area contributed by atoms with Gasteiger partial charge in [-0.2, -0.15) is 0 Å². The fraction of sp³-hybridized carbons (Fsp3) is 0.381. The van der Waals surface area contributed by atoms with Crippen LogP contribution in [-0.2, 0) is 0 Å². The summed E-state index contributed by atoms with van der Waals surface area (Å²) in [4.78, 5) is 10.8. The van der Waals surface area contributed by atoms with Gasteiger partial charge in [0.15, 0.2) is 0 Å². The van der Waals surface area contributed by atoms with E-state index in [1.54, 1.807) is 0 Å². The number of hydrogen-bond acceptors (Lipinski definition) is 3. The van der Waals surface area contributed by atoms with Crippen LogP contribution in [0, 0.1) is 5.92 Å². The van der Waals surface area contributed by atoms with Crippen LogP contribution in [0.2, 0.25) is 0 Å². The lowest BCUT2D eigenvalue weighted by molar-refractivity contribution is 0.0457. The second-order valence-corrected chi connectivity index (χ2v) is 7.49. The summed E-state index contributed by atoms with van der Waals surface area (Å²) in [5.41, 5.74) is 3.42. The Bertz CT molecular complexity index is 839. The van der Waals surface area contributed by atoms with Gasteiger partial charge in [0.25, 0.3) is 0 Å². The molecule has 25 heavy (non-hydrogen) atoms. The topological polar surface area (TPSA) is 44.0 Å². The summed E-state index contributed by atoms with van der Waals surface area (Å²) in [6.45, 7) is 4.87. The molecule has 0 amide bonds. The quantitative estimate of drug-likeness (QED) is 0.758. The summed E-state index contributed by atoms with van der Waals surface area (Å²) >= 11 is 0. The molecular weight excluding hydrogens is 308 g/mol. The third kappa shape index (κ3) is 2.61. The minimum atomic E-state index is 0.522. The first-order valence-electron chi connectivity index (χ1n) is 9.33. The second kappa shape index (κ2) is 5.88. The summed E-state index contributed by atoms with van der Waals surface area (Å²) in [7, 11) is 0. The van der Waals surface area contributed by atoms with Gasteiger partial charge in [-0.05, 0) is 63.0 Å². The fourth-order valence-electron chi connectivity index (χ4n) is 4.58. The average molecular weight is 332 g/mol. The summed E-state index contributed by atoms with van der Waals surface area (Å²) < 4.78 is 0. The molecule has 3 aromatic rings. The SMILES string of the molecule is CC1C(Nc2ccc(-c3cc4ccccc4[nH]3)cn2)C2CCN1CC2. The summed E-state index contributed by atoms with van der Waals surface area (Å²) in [6.07, 6.45) is 4.60. The van der Waals surface area contributed by atoms with Crippen molar-refractivity contribution in [2.24, 2.45) is 5.92 Å². The van der Waals surface area contributed by atoms with Gasteiger partial charge in [0.2, 0.25) is 0 Å². The Balaban J connectivity index is 1.36. The molecule has 0 radical (unpaired) electrons. The van der Waals surface area contributed by atoms with Gasteiger partial charge in [-0.15, -0.1) is 0 Å². The Morgan fingerprint density at radius 2 is 1.96 bits per heavy atom. The van der Waals surface area contributed by atoms with Crippen molar-refractivity contribution in [2.45, 2.75) is 31.8 Å². The van der Waals surface area contributed by atoms with E-state index in [2.05, 4.69) is 69.6 Å². The van der Waals surface area contributed by atoms with Gasteiger partial charge in [-0.3, -0.25) is 4.90 Å². The molecular formula is C21H24N4. The van der Waals surface area contributed by atoms with Gasteiger partial charge >= 0.3 is 0 Å². The maximum atomic E-state index is 4.69. The van der Waals surface area contributed by atoms with Crippen molar-refractivity contribution < 1.29 is 0 Å². The number of H-pyrrole nitrogens is 1. The van der Waals surface area contributed by atoms with Gasteiger partial charge in [-0.1, -0.05) is 18.2 Å². The van der Waals surface area contributed by atoms with Crippen molar-refractivity contribution in [3.63, 3.8) is 0 Å². The molecule has 1 aromatic carbocycles. The van der Waals surface area contributed by atoms with Gasteiger partial charge < -0.3 is 10.3 Å². The van der Waals surface area contributed by atoms with Crippen molar-refractivity contribution in [1.29, 1.82) is 0 Å². The predicted octanol–water partition coefficient (Wildman–Crippen LogP) is 4.12. The molecule has 2 atom stereocenters. The van der Waals surface area contributed by atoms with Crippen LogP contribution >= 0.6 is 0 Å². The number of hydrogen-bond donors (Lipinski definition) is 2. The Morgan fingerprint density at radius 3 is 2.68 bits per heavy atom. The Morgan fingerprint density at radius 1 is 1.12 bits per heavy atom. The molecule has 3 fully saturated rings. The number of pyridine rings is 1. The smallest absolute Gasteiger partial charge is 0.126 e. The van der Waals surface area contributed by atoms with Crippen LogP contribution in [0.4, 0.5) is 5.82 Å². The van der Waals surface area contributed by atoms with E-state index in [1.807, 2.05) is 6.20 Å². The molecule has 2 N–H and O–H groups in total. The Hall–Kier alpha value is -2.33. The van der Waals surface area contributed by atoms with Gasteiger partial charge in [0.05, 0.1) is 0 Å². The largest absolute Gasteiger partial charge is 0.365 e. The molecule has 0 saturated carbocycles. The second-order valence-electron chi connectivity index (χ2n) is 7.49. The highest BCUT2D eigenvalue weighted by molar-refractivity contribution is 5.85. The van der Waals surface area contributed by atoms with Crippen molar-refractivity contribution in [3.8, 4) is 11.3 Å². The highest BCUT2D eigenvalue weighted by atomic mass is 15.2. The molecule has 3 aliphatic heterocycles. The predicted molar refractivity (Wildman–Crippen MR) is 103 cm³/mol. The maximum Gasteiger partial charge on any atom is 0.126 e. The van der Waals surface area contributed by atoms with E-state index < -0.39 is 0 Å². The number of nitrogens with zero attached hydrogens (tertiary/aromatic N) is 2. The number of benzene rings is 1. The van der Waals surface area contributed by atoms with E-state index >= 15 is 0 Å². The number of aromatic amines is 1. The number of para-hydroxylation sites is 1. The molecule has 3 aliphatic rings. The van der Waals surface area contributed by atoms with Crippen molar-refractivity contribution in [2.75, 3.05) is 18.4 Å². The lowest BCUT2D eigenvalue weighted by Gasteiger charge is -2.50. The zero-order valence-corrected chi connectivity index (χ0v) is 14.6. The van der Waals surface area contributed by atoms with Gasteiger partial charge in [-0.25, -0.2) is 4.98 Å². The van der Waals surface area contributed by atoms with Crippen LogP contribution in [0.1, 0.15) is 19.8 Å². The molecule has 3 saturated heterocycles. The van der Waals surface area contributed by atoms with Crippen molar-refractivity contribution in [3.05, 3.63) is 48.7 Å². The minimum absolute atomic E-state index is 0.522. The fourth-order valence-corrected chi connectivity index (χ4v) is 4.58. The van der Waals surface area contributed by atoms with Crippen LogP contribution in [0.3, 0.4) is 0 Å². The highest BCUT2D eigenvalue weighted by Gasteiger charge is 2.39. The van der Waals surface area contributed by atoms with Crippen LogP contribution in [-0.4, -0.2) is 40.0 Å². The Kier molecular flexibility index (Phi) is 3.52. The molecule has 128 valence electrons.